The van der Waals surface area contributed by atoms with E-state index in [4.69, 9.17) is 0 Å². The maximum Gasteiger partial charge on any atom is 0.254 e. The van der Waals surface area contributed by atoms with Gasteiger partial charge in [-0.25, -0.2) is 0 Å². The van der Waals surface area contributed by atoms with Gasteiger partial charge < -0.3 is 10.2 Å². The highest BCUT2D eigenvalue weighted by molar-refractivity contribution is 5.95. The van der Waals surface area contributed by atoms with Gasteiger partial charge in [0.25, 0.3) is 5.91 Å². The Balaban J connectivity index is 1.39. The van der Waals surface area contributed by atoms with E-state index in [2.05, 4.69) is 15.2 Å². The second-order valence-electron chi connectivity index (χ2n) is 8.67. The minimum atomic E-state index is -0.123. The first kappa shape index (κ1) is 21.5. The summed E-state index contributed by atoms with van der Waals surface area (Å²) in [6.45, 7) is 5.21. The van der Waals surface area contributed by atoms with Crippen LogP contribution in [0.1, 0.15) is 47.3 Å². The lowest BCUT2D eigenvalue weighted by molar-refractivity contribution is -0.129. The number of carbonyl (C=O) groups excluding carboxylic acids is 2. The van der Waals surface area contributed by atoms with Gasteiger partial charge >= 0.3 is 0 Å². The fourth-order valence-corrected chi connectivity index (χ4v) is 4.92. The van der Waals surface area contributed by atoms with E-state index in [1.807, 2.05) is 54.3 Å². The molecule has 1 aromatic heterocycles. The van der Waals surface area contributed by atoms with Gasteiger partial charge in [-0.1, -0.05) is 37.1 Å². The van der Waals surface area contributed by atoms with Gasteiger partial charge in [-0.15, -0.1) is 0 Å². The van der Waals surface area contributed by atoms with E-state index in [9.17, 15) is 9.59 Å². The van der Waals surface area contributed by atoms with Gasteiger partial charge in [-0.2, -0.15) is 0 Å². The second kappa shape index (κ2) is 10.1. The molecule has 1 aliphatic carbocycles. The van der Waals surface area contributed by atoms with Crippen molar-refractivity contribution in [1.29, 1.82) is 0 Å². The van der Waals surface area contributed by atoms with Gasteiger partial charge in [-0.3, -0.25) is 19.5 Å². The molecule has 6 nitrogen and oxygen atoms in total. The summed E-state index contributed by atoms with van der Waals surface area (Å²) < 4.78 is 0. The topological polar surface area (TPSA) is 65.5 Å². The highest BCUT2D eigenvalue weighted by atomic mass is 16.2. The van der Waals surface area contributed by atoms with Crippen molar-refractivity contribution in [3.8, 4) is 0 Å². The van der Waals surface area contributed by atoms with Gasteiger partial charge in [-0.05, 0) is 49.4 Å². The molecule has 0 radical (unpaired) electrons. The van der Waals surface area contributed by atoms with Crippen LogP contribution < -0.4 is 5.32 Å². The Morgan fingerprint density at radius 3 is 2.42 bits per heavy atom. The van der Waals surface area contributed by atoms with Crippen molar-refractivity contribution in [1.82, 2.24) is 20.1 Å². The number of nitrogens with one attached hydrogen (secondary N) is 1. The highest BCUT2D eigenvalue weighted by Crippen LogP contribution is 2.31. The molecular weight excluding hydrogens is 388 g/mol. The number of aromatic nitrogens is 1. The number of hydrogen-bond donors (Lipinski definition) is 1. The maximum atomic E-state index is 13.2. The predicted molar refractivity (Wildman–Crippen MR) is 120 cm³/mol. The normalized spacial score (nSPS) is 18.7. The monoisotopic (exact) mass is 420 g/mol. The minimum Gasteiger partial charge on any atom is -0.349 e. The van der Waals surface area contributed by atoms with E-state index in [1.165, 1.54) is 12.8 Å². The lowest BCUT2D eigenvalue weighted by Crippen LogP contribution is -2.58. The van der Waals surface area contributed by atoms with Crippen molar-refractivity contribution >= 4 is 11.8 Å². The van der Waals surface area contributed by atoms with Crippen molar-refractivity contribution in [3.63, 3.8) is 0 Å². The molecule has 31 heavy (non-hydrogen) atoms. The summed E-state index contributed by atoms with van der Waals surface area (Å²) in [4.78, 5) is 34.7. The van der Waals surface area contributed by atoms with Gasteiger partial charge in [0.15, 0.2) is 0 Å². The van der Waals surface area contributed by atoms with E-state index >= 15 is 0 Å². The van der Waals surface area contributed by atoms with Crippen molar-refractivity contribution < 1.29 is 9.59 Å². The number of carbonyl (C=O) groups is 2. The molecule has 2 aliphatic rings. The van der Waals surface area contributed by atoms with E-state index in [0.29, 0.717) is 25.6 Å². The fourth-order valence-electron chi connectivity index (χ4n) is 4.92. The van der Waals surface area contributed by atoms with Crippen LogP contribution in [-0.4, -0.2) is 58.8 Å². The summed E-state index contributed by atoms with van der Waals surface area (Å²) in [6, 6.07) is 13.4. The number of amides is 2. The van der Waals surface area contributed by atoms with Crippen LogP contribution in [0.5, 0.6) is 0 Å². The Kier molecular flexibility index (Phi) is 6.97. The Morgan fingerprint density at radius 2 is 1.74 bits per heavy atom. The van der Waals surface area contributed by atoms with Crippen LogP contribution in [0.15, 0.2) is 48.7 Å². The van der Waals surface area contributed by atoms with Crippen LogP contribution in [0, 0.1) is 12.8 Å². The average molecular weight is 421 g/mol. The zero-order valence-corrected chi connectivity index (χ0v) is 18.3. The lowest BCUT2D eigenvalue weighted by Gasteiger charge is -2.40. The molecule has 0 spiro atoms. The Morgan fingerprint density at radius 1 is 1.03 bits per heavy atom. The highest BCUT2D eigenvalue weighted by Gasteiger charge is 2.37. The molecular formula is C25H32N4O2. The Hall–Kier alpha value is -2.73. The van der Waals surface area contributed by atoms with Crippen LogP contribution in [0.4, 0.5) is 0 Å². The molecule has 2 aromatic rings. The molecule has 1 aliphatic heterocycles. The molecule has 2 heterocycles. The van der Waals surface area contributed by atoms with Crippen LogP contribution >= 0.6 is 0 Å². The predicted octanol–water partition coefficient (Wildman–Crippen LogP) is 3.02. The van der Waals surface area contributed by atoms with Crippen molar-refractivity contribution in [2.45, 2.75) is 45.2 Å². The zero-order chi connectivity index (χ0) is 21.6. The molecule has 1 aromatic carbocycles. The summed E-state index contributed by atoms with van der Waals surface area (Å²) in [5.74, 6) is 0.577. The van der Waals surface area contributed by atoms with E-state index in [1.54, 1.807) is 6.20 Å². The Labute approximate surface area is 184 Å². The number of rotatable bonds is 6. The van der Waals surface area contributed by atoms with Crippen molar-refractivity contribution in [2.24, 2.45) is 5.92 Å². The van der Waals surface area contributed by atoms with Crippen molar-refractivity contribution in [2.75, 3.05) is 26.2 Å². The first-order valence-corrected chi connectivity index (χ1v) is 11.4. The first-order chi connectivity index (χ1) is 15.1. The molecule has 1 N–H and O–H groups in total. The third kappa shape index (κ3) is 5.13. The fraction of sp³-hybridized carbons (Fsp3) is 0.480. The SMILES string of the molecule is Cc1ccccc1C(=O)N1CCN([C@@H](C(=O)NCc2ccccn2)C2CCCC2)CC1. The van der Waals surface area contributed by atoms with E-state index in [-0.39, 0.29) is 17.9 Å². The molecule has 6 heteroatoms. The summed E-state index contributed by atoms with van der Waals surface area (Å²) in [5.41, 5.74) is 2.65. The summed E-state index contributed by atoms with van der Waals surface area (Å²) in [7, 11) is 0. The Bertz CT molecular complexity index is 887. The molecule has 1 saturated carbocycles. The van der Waals surface area contributed by atoms with Crippen LogP contribution in [0.3, 0.4) is 0 Å². The number of aryl methyl sites for hydroxylation is 1. The summed E-state index contributed by atoms with van der Waals surface area (Å²) in [5, 5.41) is 3.12. The molecule has 4 rings (SSSR count). The smallest absolute Gasteiger partial charge is 0.254 e. The van der Waals surface area contributed by atoms with Gasteiger partial charge in [0.2, 0.25) is 5.91 Å². The zero-order valence-electron chi connectivity index (χ0n) is 18.3. The van der Waals surface area contributed by atoms with Crippen LogP contribution in [0.2, 0.25) is 0 Å². The summed E-state index contributed by atoms with van der Waals surface area (Å²) >= 11 is 0. The molecule has 1 atom stereocenters. The number of nitrogens with zero attached hydrogens (tertiary/aromatic N) is 3. The lowest BCUT2D eigenvalue weighted by atomic mass is 9.95. The van der Waals surface area contributed by atoms with E-state index in [0.717, 1.165) is 42.8 Å². The number of pyridine rings is 1. The number of piperazine rings is 1. The summed E-state index contributed by atoms with van der Waals surface area (Å²) in [6.07, 6.45) is 6.34. The number of benzene rings is 1. The molecule has 1 saturated heterocycles. The molecule has 0 bridgehead atoms. The van der Waals surface area contributed by atoms with Gasteiger partial charge in [0, 0.05) is 37.9 Å². The maximum absolute atomic E-state index is 13.2. The quantitative estimate of drug-likeness (QED) is 0.780. The molecule has 0 unspecified atom stereocenters. The third-order valence-electron chi connectivity index (χ3n) is 6.66. The first-order valence-electron chi connectivity index (χ1n) is 11.4. The average Bonchev–Trinajstić information content (AvgIpc) is 3.33. The van der Waals surface area contributed by atoms with Crippen LogP contribution in [-0.2, 0) is 11.3 Å². The standard InChI is InChI=1S/C25H32N4O2/c1-19-8-2-5-12-22(19)25(31)29-16-14-28(15-17-29)23(20-9-3-4-10-20)24(30)27-18-21-11-6-7-13-26-21/h2,5-8,11-13,20,23H,3-4,9-10,14-18H2,1H3,(H,27,30)/t23-/m1/s1. The minimum absolute atomic E-state index is 0.0924. The number of hydrogen-bond acceptors (Lipinski definition) is 4. The van der Waals surface area contributed by atoms with Gasteiger partial charge in [0.1, 0.15) is 0 Å². The largest absolute Gasteiger partial charge is 0.349 e. The van der Waals surface area contributed by atoms with E-state index < -0.39 is 0 Å². The third-order valence-corrected chi connectivity index (χ3v) is 6.66. The van der Waals surface area contributed by atoms with Crippen LogP contribution in [0.25, 0.3) is 0 Å². The molecule has 2 fully saturated rings. The van der Waals surface area contributed by atoms with Crippen molar-refractivity contribution in [3.05, 3.63) is 65.5 Å². The van der Waals surface area contributed by atoms with Gasteiger partial charge in [0.05, 0.1) is 18.3 Å². The molecule has 2 amide bonds. The second-order valence-corrected chi connectivity index (χ2v) is 8.67. The molecule has 164 valence electrons.